The summed E-state index contributed by atoms with van der Waals surface area (Å²) in [4.78, 5) is 16.0. The van der Waals surface area contributed by atoms with Crippen LogP contribution in [0.4, 0.5) is 14.5 Å². The normalized spacial score (nSPS) is 15.7. The molecule has 0 aliphatic carbocycles. The molecule has 4 nitrogen and oxygen atoms in total. The lowest BCUT2D eigenvalue weighted by atomic mass is 10.1. The molecule has 138 valence electrons. The van der Waals surface area contributed by atoms with Gasteiger partial charge in [-0.15, -0.1) is 0 Å². The summed E-state index contributed by atoms with van der Waals surface area (Å²) in [5, 5.41) is 0. The summed E-state index contributed by atoms with van der Waals surface area (Å²) < 4.78 is 27.8. The van der Waals surface area contributed by atoms with Gasteiger partial charge < -0.3 is 10.6 Å². The maximum absolute atomic E-state index is 14.2. The van der Waals surface area contributed by atoms with E-state index in [2.05, 4.69) is 20.8 Å². The molecular weight excluding hydrogens is 404 g/mol. The predicted octanol–water partition coefficient (Wildman–Crippen LogP) is 3.54. The van der Waals surface area contributed by atoms with Gasteiger partial charge in [0.05, 0.1) is 11.3 Å². The molecule has 1 fully saturated rings. The van der Waals surface area contributed by atoms with Gasteiger partial charge in [0.15, 0.2) is 0 Å². The van der Waals surface area contributed by atoms with Crippen molar-refractivity contribution in [2.75, 3.05) is 31.1 Å². The third-order valence-corrected chi connectivity index (χ3v) is 4.99. The van der Waals surface area contributed by atoms with Gasteiger partial charge in [0, 0.05) is 37.2 Å². The molecule has 3 rings (SSSR count). The number of hydrogen-bond donors (Lipinski definition) is 1. The predicted molar refractivity (Wildman–Crippen MR) is 101 cm³/mol. The van der Waals surface area contributed by atoms with Crippen molar-refractivity contribution < 1.29 is 13.6 Å². The van der Waals surface area contributed by atoms with E-state index in [1.807, 2.05) is 4.90 Å². The molecule has 0 spiro atoms. The monoisotopic (exact) mass is 423 g/mol. The Bertz CT molecular complexity index is 798. The minimum atomic E-state index is -0.766. The van der Waals surface area contributed by atoms with E-state index in [0.29, 0.717) is 23.2 Å². The second-order valence-electron chi connectivity index (χ2n) is 6.39. The Balaban J connectivity index is 1.75. The van der Waals surface area contributed by atoms with Crippen molar-refractivity contribution in [1.29, 1.82) is 0 Å². The zero-order valence-electron chi connectivity index (χ0n) is 14.2. The first kappa shape index (κ1) is 18.8. The number of primary amides is 1. The summed E-state index contributed by atoms with van der Waals surface area (Å²) in [6, 6.07) is 9.48. The number of carbonyl (C=O) groups is 1. The van der Waals surface area contributed by atoms with Crippen LogP contribution in [0, 0.1) is 11.6 Å². The SMILES string of the molecule is NC(=O)c1c(F)cc(Br)cc1N1CCCN(Cc2ccc(F)cc2)CC1. The third-order valence-electron chi connectivity index (χ3n) is 4.53. The number of amides is 1. The van der Waals surface area contributed by atoms with Crippen LogP contribution < -0.4 is 10.6 Å². The highest BCUT2D eigenvalue weighted by Gasteiger charge is 2.22. The van der Waals surface area contributed by atoms with E-state index in [4.69, 9.17) is 5.73 Å². The van der Waals surface area contributed by atoms with Crippen LogP contribution in [0.15, 0.2) is 40.9 Å². The second-order valence-corrected chi connectivity index (χ2v) is 7.30. The number of anilines is 1. The first-order valence-electron chi connectivity index (χ1n) is 8.44. The summed E-state index contributed by atoms with van der Waals surface area (Å²) in [5.41, 5.74) is 6.89. The van der Waals surface area contributed by atoms with Crippen molar-refractivity contribution in [3.05, 3.63) is 63.6 Å². The zero-order chi connectivity index (χ0) is 18.7. The van der Waals surface area contributed by atoms with E-state index in [1.165, 1.54) is 18.2 Å². The number of nitrogens with zero attached hydrogens (tertiary/aromatic N) is 2. The molecule has 1 heterocycles. The summed E-state index contributed by atoms with van der Waals surface area (Å²) in [6.45, 7) is 3.71. The molecule has 26 heavy (non-hydrogen) atoms. The highest BCUT2D eigenvalue weighted by molar-refractivity contribution is 9.10. The maximum atomic E-state index is 14.2. The largest absolute Gasteiger partial charge is 0.369 e. The van der Waals surface area contributed by atoms with Gasteiger partial charge in [-0.25, -0.2) is 8.78 Å². The highest BCUT2D eigenvalue weighted by Crippen LogP contribution is 2.29. The first-order chi connectivity index (χ1) is 12.4. The molecular formula is C19H20BrF2N3O. The van der Waals surface area contributed by atoms with Gasteiger partial charge in [-0.2, -0.15) is 0 Å². The van der Waals surface area contributed by atoms with Crippen LogP contribution in [-0.2, 0) is 6.54 Å². The molecule has 2 aromatic rings. The minimum Gasteiger partial charge on any atom is -0.369 e. The van der Waals surface area contributed by atoms with E-state index < -0.39 is 11.7 Å². The fraction of sp³-hybridized carbons (Fsp3) is 0.316. The average molecular weight is 424 g/mol. The molecule has 0 atom stereocenters. The lowest BCUT2D eigenvalue weighted by molar-refractivity contribution is 0.0997. The molecule has 0 unspecified atom stereocenters. The quantitative estimate of drug-likeness (QED) is 0.817. The number of hydrogen-bond acceptors (Lipinski definition) is 3. The zero-order valence-corrected chi connectivity index (χ0v) is 15.8. The van der Waals surface area contributed by atoms with Gasteiger partial charge in [-0.05, 0) is 36.2 Å². The van der Waals surface area contributed by atoms with Gasteiger partial charge in [0.1, 0.15) is 11.6 Å². The lowest BCUT2D eigenvalue weighted by Gasteiger charge is -2.26. The van der Waals surface area contributed by atoms with Gasteiger partial charge in [0.2, 0.25) is 0 Å². The van der Waals surface area contributed by atoms with Crippen LogP contribution in [0.25, 0.3) is 0 Å². The summed E-state index contributed by atoms with van der Waals surface area (Å²) in [5.74, 6) is -1.63. The number of rotatable bonds is 4. The van der Waals surface area contributed by atoms with Crippen LogP contribution in [0.5, 0.6) is 0 Å². The Labute approximate surface area is 159 Å². The van der Waals surface area contributed by atoms with Gasteiger partial charge in [0.25, 0.3) is 5.91 Å². The highest BCUT2D eigenvalue weighted by atomic mass is 79.9. The fourth-order valence-corrected chi connectivity index (χ4v) is 3.69. The molecule has 2 aromatic carbocycles. The van der Waals surface area contributed by atoms with E-state index in [-0.39, 0.29) is 11.4 Å². The molecule has 1 amide bonds. The van der Waals surface area contributed by atoms with Crippen molar-refractivity contribution >= 4 is 27.5 Å². The van der Waals surface area contributed by atoms with Crippen molar-refractivity contribution in [2.45, 2.75) is 13.0 Å². The van der Waals surface area contributed by atoms with Crippen LogP contribution in [0.3, 0.4) is 0 Å². The average Bonchev–Trinajstić information content (AvgIpc) is 2.81. The van der Waals surface area contributed by atoms with Crippen LogP contribution in [-0.4, -0.2) is 37.0 Å². The molecule has 7 heteroatoms. The molecule has 1 aliphatic rings. The molecule has 0 bridgehead atoms. The van der Waals surface area contributed by atoms with Crippen molar-refractivity contribution in [3.8, 4) is 0 Å². The van der Waals surface area contributed by atoms with Gasteiger partial charge in [-0.3, -0.25) is 9.69 Å². The van der Waals surface area contributed by atoms with E-state index in [1.54, 1.807) is 18.2 Å². The Morgan fingerprint density at radius 2 is 1.81 bits per heavy atom. The topological polar surface area (TPSA) is 49.6 Å². The molecule has 0 saturated carbocycles. The van der Waals surface area contributed by atoms with Crippen molar-refractivity contribution in [2.24, 2.45) is 5.73 Å². The molecule has 2 N–H and O–H groups in total. The fourth-order valence-electron chi connectivity index (χ4n) is 3.27. The Morgan fingerprint density at radius 3 is 2.50 bits per heavy atom. The molecule has 0 radical (unpaired) electrons. The molecule has 1 saturated heterocycles. The molecule has 1 aliphatic heterocycles. The van der Waals surface area contributed by atoms with Crippen molar-refractivity contribution in [1.82, 2.24) is 4.90 Å². The third kappa shape index (κ3) is 4.40. The number of nitrogens with two attached hydrogens (primary N) is 1. The van der Waals surface area contributed by atoms with E-state index in [0.717, 1.165) is 31.6 Å². The Morgan fingerprint density at radius 1 is 1.08 bits per heavy atom. The van der Waals surface area contributed by atoms with Crippen LogP contribution >= 0.6 is 15.9 Å². The summed E-state index contributed by atoms with van der Waals surface area (Å²) >= 11 is 3.28. The Kier molecular flexibility index (Phi) is 5.88. The Hall–Kier alpha value is -1.99. The molecule has 0 aromatic heterocycles. The summed E-state index contributed by atoms with van der Waals surface area (Å²) in [7, 11) is 0. The standard InChI is InChI=1S/C19H20BrF2N3O/c20-14-10-16(22)18(19(23)26)17(11-14)25-7-1-6-24(8-9-25)12-13-2-4-15(21)5-3-13/h2-5,10-11H,1,6-9,12H2,(H2,23,26). The summed E-state index contributed by atoms with van der Waals surface area (Å²) in [6.07, 6.45) is 0.869. The lowest BCUT2D eigenvalue weighted by Crippen LogP contribution is -2.32. The maximum Gasteiger partial charge on any atom is 0.253 e. The van der Waals surface area contributed by atoms with Crippen LogP contribution in [0.2, 0.25) is 0 Å². The van der Waals surface area contributed by atoms with E-state index in [9.17, 15) is 13.6 Å². The minimum absolute atomic E-state index is 0.0693. The number of benzene rings is 2. The second kappa shape index (κ2) is 8.14. The number of carbonyl (C=O) groups excluding carboxylic acids is 1. The van der Waals surface area contributed by atoms with Gasteiger partial charge in [-0.1, -0.05) is 28.1 Å². The van der Waals surface area contributed by atoms with Crippen LogP contribution in [0.1, 0.15) is 22.3 Å². The number of halogens is 3. The van der Waals surface area contributed by atoms with Gasteiger partial charge >= 0.3 is 0 Å². The smallest absolute Gasteiger partial charge is 0.253 e. The first-order valence-corrected chi connectivity index (χ1v) is 9.24. The van der Waals surface area contributed by atoms with Crippen molar-refractivity contribution in [3.63, 3.8) is 0 Å². The van der Waals surface area contributed by atoms with E-state index >= 15 is 0 Å².